The first-order valence-corrected chi connectivity index (χ1v) is 24.4. The molecule has 0 spiro atoms. The van der Waals surface area contributed by atoms with Crippen LogP contribution in [0.25, 0.3) is 22.3 Å². The summed E-state index contributed by atoms with van der Waals surface area (Å²) in [6.07, 6.45) is 2.19. The molecule has 6 aromatic rings. The molecule has 0 aliphatic rings. The highest BCUT2D eigenvalue weighted by Crippen LogP contribution is 2.25. The first kappa shape index (κ1) is 62.4. The van der Waals surface area contributed by atoms with Crippen LogP contribution in [0.4, 0.5) is 0 Å². The number of ether oxygens (including phenoxy) is 11. The Bertz CT molecular complexity index is 2810. The first-order valence-electron chi connectivity index (χ1n) is 24.4. The number of phenolic OH excluding ortho intramolecular Hbond substituents is 1. The monoisotopic (exact) mass is 1090 g/mol. The number of hydrogen-bond acceptors (Lipinski definition) is 18. The van der Waals surface area contributed by atoms with Crippen molar-refractivity contribution in [1.82, 2.24) is 0 Å². The molecule has 0 heterocycles. The maximum Gasteiger partial charge on any atom is 0.343 e. The van der Waals surface area contributed by atoms with E-state index in [0.29, 0.717) is 93.4 Å². The lowest BCUT2D eigenvalue weighted by Gasteiger charge is -2.09. The second-order valence-corrected chi connectivity index (χ2v) is 15.8. The molecule has 0 aliphatic heterocycles. The lowest BCUT2D eigenvalue weighted by molar-refractivity contribution is -0.140. The third kappa shape index (κ3) is 24.2. The highest BCUT2D eigenvalue weighted by molar-refractivity contribution is 5.92. The minimum Gasteiger partial charge on any atom is -0.508 e. The molecular weight excluding hydrogens is 1020 g/mol. The number of aromatic hydroxyl groups is 1. The van der Waals surface area contributed by atoms with Gasteiger partial charge in [0.15, 0.2) is 0 Å². The van der Waals surface area contributed by atoms with Gasteiger partial charge < -0.3 is 62.3 Å². The molecule has 0 amide bonds. The van der Waals surface area contributed by atoms with Crippen LogP contribution in [0.5, 0.6) is 23.0 Å². The number of aromatic carboxylic acids is 1. The number of hydrogen-bond donors (Lipinski definition) is 2. The number of carboxylic acid groups (broad SMARTS) is 1. The molecule has 0 aromatic heterocycles. The van der Waals surface area contributed by atoms with Crippen molar-refractivity contribution in [3.05, 3.63) is 193 Å². The van der Waals surface area contributed by atoms with E-state index in [1.807, 2.05) is 48.5 Å². The van der Waals surface area contributed by atoms with E-state index in [1.165, 1.54) is 26.4 Å². The molecule has 0 saturated carbocycles. The zero-order valence-electron chi connectivity index (χ0n) is 43.7. The lowest BCUT2D eigenvalue weighted by atomic mass is 10.0. The van der Waals surface area contributed by atoms with Gasteiger partial charge in [-0.25, -0.2) is 28.8 Å². The molecule has 0 saturated heterocycles. The van der Waals surface area contributed by atoms with Crippen LogP contribution in [0.1, 0.15) is 41.4 Å². The molecule has 0 aliphatic carbocycles. The Morgan fingerprint density at radius 3 is 1.03 bits per heavy atom. The van der Waals surface area contributed by atoms with Gasteiger partial charge in [0, 0.05) is 12.2 Å². The van der Waals surface area contributed by atoms with E-state index < -0.39 is 29.8 Å². The Balaban J connectivity index is 0.000000283. The normalized spacial score (nSPS) is 10.2. The third-order valence-corrected chi connectivity index (χ3v) is 10.4. The zero-order chi connectivity index (χ0) is 57.0. The number of benzene rings is 6. The summed E-state index contributed by atoms with van der Waals surface area (Å²) < 4.78 is 56.5. The Labute approximate surface area is 457 Å². The van der Waals surface area contributed by atoms with Gasteiger partial charge in [-0.15, -0.1) is 0 Å². The Morgan fingerprint density at radius 2 is 0.671 bits per heavy atom. The summed E-state index contributed by atoms with van der Waals surface area (Å²) >= 11 is 0. The smallest absolute Gasteiger partial charge is 0.343 e. The number of carboxylic acids is 1. The average Bonchev–Trinajstić information content (AvgIpc) is 3.49. The second-order valence-electron chi connectivity index (χ2n) is 15.8. The molecule has 0 bridgehead atoms. The lowest BCUT2D eigenvalue weighted by Crippen LogP contribution is -2.13. The summed E-state index contributed by atoms with van der Waals surface area (Å²) in [5, 5.41) is 18.0. The largest absolute Gasteiger partial charge is 0.508 e. The molecule has 0 unspecified atom stereocenters. The molecule has 0 atom stereocenters. The van der Waals surface area contributed by atoms with Crippen LogP contribution in [-0.4, -0.2) is 140 Å². The summed E-state index contributed by atoms with van der Waals surface area (Å²) in [6, 6.07) is 40.9. The molecule has 6 rings (SSSR count). The van der Waals surface area contributed by atoms with Crippen LogP contribution in [0, 0.1) is 0 Å². The minimum atomic E-state index is -0.973. The number of phenols is 1. The number of esters is 5. The van der Waals surface area contributed by atoms with Crippen molar-refractivity contribution in [3.63, 3.8) is 0 Å². The quantitative estimate of drug-likeness (QED) is 0.0146. The topological polar surface area (TPSA) is 244 Å². The minimum absolute atomic E-state index is 0.166. The summed E-state index contributed by atoms with van der Waals surface area (Å²) in [5.74, 6) is -1.33. The van der Waals surface area contributed by atoms with Gasteiger partial charge in [0.2, 0.25) is 0 Å². The molecule has 0 fully saturated rings. The fourth-order valence-corrected chi connectivity index (χ4v) is 6.35. The van der Waals surface area contributed by atoms with Crippen molar-refractivity contribution in [1.29, 1.82) is 0 Å². The SMILES string of the molecule is C=CC(=O)OCCOCCOCCOc1ccc(C(=O)O)cc1.C=CC(=O)OCCOCCOCCOc1ccc(C(=O)Oc2ccc(-c3ccc(C(=O)OC)cc3)cc2)cc1.COC(=O)c1ccc(-c2ccc(O)cc2)cc1. The summed E-state index contributed by atoms with van der Waals surface area (Å²) in [5.41, 5.74) is 5.39. The van der Waals surface area contributed by atoms with Crippen molar-refractivity contribution in [2.24, 2.45) is 0 Å². The van der Waals surface area contributed by atoms with Crippen molar-refractivity contribution in [2.45, 2.75) is 0 Å². The number of carbonyl (C=O) groups excluding carboxylic acids is 5. The molecule has 79 heavy (non-hydrogen) atoms. The zero-order valence-corrected chi connectivity index (χ0v) is 43.7. The molecule has 19 nitrogen and oxygen atoms in total. The van der Waals surface area contributed by atoms with Gasteiger partial charge in [0.05, 0.1) is 89.3 Å². The summed E-state index contributed by atoms with van der Waals surface area (Å²) in [4.78, 5) is 67.6. The van der Waals surface area contributed by atoms with Crippen molar-refractivity contribution in [2.75, 3.05) is 93.5 Å². The van der Waals surface area contributed by atoms with E-state index in [4.69, 9.17) is 52.5 Å². The molecular formula is C60H62O19. The van der Waals surface area contributed by atoms with Crippen LogP contribution in [0.2, 0.25) is 0 Å². The maximum absolute atomic E-state index is 12.5. The Hall–Kier alpha value is -9.14. The molecule has 19 heteroatoms. The molecule has 0 radical (unpaired) electrons. The van der Waals surface area contributed by atoms with E-state index in [-0.39, 0.29) is 37.1 Å². The van der Waals surface area contributed by atoms with Gasteiger partial charge in [0.1, 0.15) is 49.4 Å². The van der Waals surface area contributed by atoms with Crippen LogP contribution in [-0.2, 0) is 47.5 Å². The predicted octanol–water partition coefficient (Wildman–Crippen LogP) is 8.87. The molecule has 416 valence electrons. The van der Waals surface area contributed by atoms with Crippen LogP contribution in [0.15, 0.2) is 171 Å². The highest BCUT2D eigenvalue weighted by atomic mass is 16.6. The maximum atomic E-state index is 12.5. The van der Waals surface area contributed by atoms with Crippen molar-refractivity contribution >= 4 is 35.8 Å². The van der Waals surface area contributed by atoms with E-state index in [9.17, 15) is 33.9 Å². The number of methoxy groups -OCH3 is 2. The van der Waals surface area contributed by atoms with Crippen molar-refractivity contribution in [3.8, 4) is 45.3 Å². The fourth-order valence-electron chi connectivity index (χ4n) is 6.35. The van der Waals surface area contributed by atoms with E-state index in [1.54, 1.807) is 84.9 Å². The molecule has 2 N–H and O–H groups in total. The Morgan fingerprint density at radius 1 is 0.380 bits per heavy atom. The standard InChI is InChI=1S/C30H30O9.C16H20O7.C14H12O3/c1-3-28(31)38-21-19-36-17-16-35-18-20-37-26-12-10-25(11-13-26)30(33)39-27-14-8-23(9-15-27)22-4-6-24(7-5-22)29(32)34-2;1-2-15(17)23-12-10-21-8-7-20-9-11-22-14-5-3-13(4-6-14)16(18)19;1-17-14(16)12-4-2-10(3-5-12)11-6-8-13(15)9-7-11/h3-15H,1,16-21H2,2H3;2-6H,1,7-12H2,(H,18,19);2-9,15H,1H3. The summed E-state index contributed by atoms with van der Waals surface area (Å²) in [7, 11) is 2.70. The summed E-state index contributed by atoms with van der Waals surface area (Å²) in [6.45, 7) is 10.5. The second kappa shape index (κ2) is 36.0. The van der Waals surface area contributed by atoms with E-state index >= 15 is 0 Å². The third-order valence-electron chi connectivity index (χ3n) is 10.4. The molecule has 6 aromatic carbocycles. The van der Waals surface area contributed by atoms with Gasteiger partial charge in [-0.2, -0.15) is 0 Å². The Kier molecular flexibility index (Phi) is 28.4. The van der Waals surface area contributed by atoms with Gasteiger partial charge in [0.25, 0.3) is 0 Å². The van der Waals surface area contributed by atoms with Gasteiger partial charge in [-0.3, -0.25) is 0 Å². The first-order chi connectivity index (χ1) is 38.3. The fraction of sp³-hybridized carbons (Fsp3) is 0.233. The van der Waals surface area contributed by atoms with Gasteiger partial charge >= 0.3 is 35.8 Å². The van der Waals surface area contributed by atoms with Crippen LogP contribution in [0.3, 0.4) is 0 Å². The van der Waals surface area contributed by atoms with Crippen molar-refractivity contribution < 1.29 is 91.1 Å². The predicted molar refractivity (Wildman–Crippen MR) is 289 cm³/mol. The number of carbonyl (C=O) groups is 6. The van der Waals surface area contributed by atoms with Crippen LogP contribution >= 0.6 is 0 Å². The average molecular weight is 1090 g/mol. The van der Waals surface area contributed by atoms with Gasteiger partial charge in [-0.05, 0) is 119 Å². The highest BCUT2D eigenvalue weighted by Gasteiger charge is 2.11. The number of rotatable bonds is 29. The van der Waals surface area contributed by atoms with E-state index in [0.717, 1.165) is 34.4 Å². The van der Waals surface area contributed by atoms with E-state index in [2.05, 4.69) is 17.9 Å². The van der Waals surface area contributed by atoms with Gasteiger partial charge in [-0.1, -0.05) is 61.7 Å². The van der Waals surface area contributed by atoms with Crippen LogP contribution < -0.4 is 14.2 Å².